The SMILES string of the molecule is CS(=O)(=O)N1CCC[C@H](C(=O)N[C@H]2CCCCNC2=O)C1. The molecule has 0 unspecified atom stereocenters. The van der Waals surface area contributed by atoms with E-state index in [1.165, 1.54) is 4.31 Å². The Hall–Kier alpha value is -1.15. The van der Waals surface area contributed by atoms with Crippen molar-refractivity contribution in [3.8, 4) is 0 Å². The summed E-state index contributed by atoms with van der Waals surface area (Å²) < 4.78 is 24.5. The minimum Gasteiger partial charge on any atom is -0.354 e. The molecule has 7 nitrogen and oxygen atoms in total. The van der Waals surface area contributed by atoms with Gasteiger partial charge in [0.2, 0.25) is 21.8 Å². The molecule has 2 aliphatic heterocycles. The van der Waals surface area contributed by atoms with Gasteiger partial charge in [0.05, 0.1) is 12.2 Å². The molecule has 2 amide bonds. The van der Waals surface area contributed by atoms with E-state index < -0.39 is 16.1 Å². The molecule has 2 rings (SSSR count). The van der Waals surface area contributed by atoms with Crippen LogP contribution in [0.5, 0.6) is 0 Å². The van der Waals surface area contributed by atoms with Crippen LogP contribution < -0.4 is 10.6 Å². The largest absolute Gasteiger partial charge is 0.354 e. The van der Waals surface area contributed by atoms with Gasteiger partial charge < -0.3 is 10.6 Å². The van der Waals surface area contributed by atoms with Crippen molar-refractivity contribution in [3.05, 3.63) is 0 Å². The normalized spacial score (nSPS) is 28.5. The minimum atomic E-state index is -3.27. The number of sulfonamides is 1. The first-order chi connectivity index (χ1) is 9.88. The molecule has 0 aromatic rings. The molecule has 2 fully saturated rings. The van der Waals surface area contributed by atoms with Gasteiger partial charge in [0.15, 0.2) is 0 Å². The van der Waals surface area contributed by atoms with Gasteiger partial charge >= 0.3 is 0 Å². The second-order valence-electron chi connectivity index (χ2n) is 5.81. The number of nitrogens with one attached hydrogen (secondary N) is 2. The molecule has 120 valence electrons. The van der Waals surface area contributed by atoms with Crippen LogP contribution in [0, 0.1) is 5.92 Å². The monoisotopic (exact) mass is 317 g/mol. The van der Waals surface area contributed by atoms with Crippen molar-refractivity contribution in [3.63, 3.8) is 0 Å². The van der Waals surface area contributed by atoms with Crippen LogP contribution in [0.3, 0.4) is 0 Å². The molecule has 2 atom stereocenters. The topological polar surface area (TPSA) is 95.6 Å². The van der Waals surface area contributed by atoms with E-state index in [9.17, 15) is 18.0 Å². The Morgan fingerprint density at radius 3 is 2.76 bits per heavy atom. The highest BCUT2D eigenvalue weighted by atomic mass is 32.2. The average molecular weight is 317 g/mol. The molecule has 0 aromatic heterocycles. The third kappa shape index (κ3) is 4.41. The number of hydrogen-bond donors (Lipinski definition) is 2. The molecule has 0 aliphatic carbocycles. The Bertz CT molecular complexity index is 506. The second kappa shape index (κ2) is 6.74. The van der Waals surface area contributed by atoms with Gasteiger partial charge in [-0.25, -0.2) is 12.7 Å². The highest BCUT2D eigenvalue weighted by Crippen LogP contribution is 2.19. The van der Waals surface area contributed by atoms with Gasteiger partial charge in [0.1, 0.15) is 6.04 Å². The van der Waals surface area contributed by atoms with E-state index in [1.807, 2.05) is 0 Å². The first-order valence-electron chi connectivity index (χ1n) is 7.41. The zero-order chi connectivity index (χ0) is 15.5. The van der Waals surface area contributed by atoms with Crippen molar-refractivity contribution >= 4 is 21.8 Å². The maximum Gasteiger partial charge on any atom is 0.242 e. The Morgan fingerprint density at radius 2 is 2.05 bits per heavy atom. The summed E-state index contributed by atoms with van der Waals surface area (Å²) in [4.78, 5) is 24.1. The van der Waals surface area contributed by atoms with Crippen molar-refractivity contribution < 1.29 is 18.0 Å². The lowest BCUT2D eigenvalue weighted by Gasteiger charge is -2.30. The van der Waals surface area contributed by atoms with E-state index in [-0.39, 0.29) is 24.3 Å². The van der Waals surface area contributed by atoms with Gasteiger partial charge in [0, 0.05) is 19.6 Å². The van der Waals surface area contributed by atoms with E-state index >= 15 is 0 Å². The first kappa shape index (κ1) is 16.2. The van der Waals surface area contributed by atoms with Crippen LogP contribution >= 0.6 is 0 Å². The van der Waals surface area contributed by atoms with Crippen molar-refractivity contribution in [1.29, 1.82) is 0 Å². The van der Waals surface area contributed by atoms with Crippen LogP contribution in [-0.2, 0) is 19.6 Å². The molecule has 0 aromatic carbocycles. The summed E-state index contributed by atoms with van der Waals surface area (Å²) in [6.07, 6.45) is 4.94. The quantitative estimate of drug-likeness (QED) is 0.729. The number of carbonyl (C=O) groups excluding carboxylic acids is 2. The van der Waals surface area contributed by atoms with Gasteiger partial charge in [-0.2, -0.15) is 0 Å². The molecular formula is C13H23N3O4S. The molecule has 0 saturated carbocycles. The average Bonchev–Trinajstić information content (AvgIpc) is 2.63. The Morgan fingerprint density at radius 1 is 1.29 bits per heavy atom. The lowest BCUT2D eigenvalue weighted by atomic mass is 9.98. The molecule has 8 heteroatoms. The molecule has 0 spiro atoms. The van der Waals surface area contributed by atoms with E-state index in [1.54, 1.807) is 0 Å². The summed E-state index contributed by atoms with van der Waals surface area (Å²) in [5.41, 5.74) is 0. The summed E-state index contributed by atoms with van der Waals surface area (Å²) in [6.45, 7) is 1.32. The highest BCUT2D eigenvalue weighted by Gasteiger charge is 2.32. The maximum absolute atomic E-state index is 12.3. The van der Waals surface area contributed by atoms with E-state index in [0.717, 1.165) is 19.1 Å². The Balaban J connectivity index is 1.94. The fourth-order valence-corrected chi connectivity index (χ4v) is 3.74. The number of carbonyl (C=O) groups is 2. The third-order valence-corrected chi connectivity index (χ3v) is 5.35. The van der Waals surface area contributed by atoms with E-state index in [4.69, 9.17) is 0 Å². The fourth-order valence-electron chi connectivity index (χ4n) is 2.82. The van der Waals surface area contributed by atoms with Crippen LogP contribution in [0.15, 0.2) is 0 Å². The van der Waals surface area contributed by atoms with Gasteiger partial charge in [-0.1, -0.05) is 0 Å². The summed E-state index contributed by atoms with van der Waals surface area (Å²) in [7, 11) is -3.27. The van der Waals surface area contributed by atoms with Crippen molar-refractivity contribution in [2.24, 2.45) is 5.92 Å². The van der Waals surface area contributed by atoms with Crippen molar-refractivity contribution in [1.82, 2.24) is 14.9 Å². The van der Waals surface area contributed by atoms with Gasteiger partial charge in [-0.3, -0.25) is 9.59 Å². The molecule has 0 radical (unpaired) electrons. The lowest BCUT2D eigenvalue weighted by molar-refractivity contribution is -0.131. The standard InChI is InChI=1S/C13H23N3O4S/c1-21(19,20)16-8-4-5-10(9-16)12(17)15-11-6-2-3-7-14-13(11)18/h10-11H,2-9H2,1H3,(H,14,18)(H,15,17)/t10-,11-/m0/s1. The molecule has 2 heterocycles. The smallest absolute Gasteiger partial charge is 0.242 e. The number of piperidine rings is 1. The molecule has 2 aliphatic rings. The van der Waals surface area contributed by atoms with Crippen LogP contribution in [0.4, 0.5) is 0 Å². The van der Waals surface area contributed by atoms with Crippen LogP contribution in [0.25, 0.3) is 0 Å². The molecule has 21 heavy (non-hydrogen) atoms. The van der Waals surface area contributed by atoms with Crippen LogP contribution in [0.1, 0.15) is 32.1 Å². The number of hydrogen-bond acceptors (Lipinski definition) is 4. The number of nitrogens with zero attached hydrogens (tertiary/aromatic N) is 1. The Labute approximate surface area is 125 Å². The molecular weight excluding hydrogens is 294 g/mol. The summed E-state index contributed by atoms with van der Waals surface area (Å²) in [6, 6.07) is -0.492. The first-order valence-corrected chi connectivity index (χ1v) is 9.26. The van der Waals surface area contributed by atoms with Gasteiger partial charge in [0.25, 0.3) is 0 Å². The molecule has 2 saturated heterocycles. The van der Waals surface area contributed by atoms with Crippen molar-refractivity contribution in [2.75, 3.05) is 25.9 Å². The maximum atomic E-state index is 12.3. The van der Waals surface area contributed by atoms with E-state index in [2.05, 4.69) is 10.6 Å². The lowest BCUT2D eigenvalue weighted by Crippen LogP contribution is -2.51. The van der Waals surface area contributed by atoms with Gasteiger partial charge in [-0.15, -0.1) is 0 Å². The highest BCUT2D eigenvalue weighted by molar-refractivity contribution is 7.88. The van der Waals surface area contributed by atoms with Crippen LogP contribution in [0.2, 0.25) is 0 Å². The minimum absolute atomic E-state index is 0.142. The summed E-state index contributed by atoms with van der Waals surface area (Å²) in [5, 5.41) is 5.55. The predicted molar refractivity (Wildman–Crippen MR) is 77.9 cm³/mol. The zero-order valence-corrected chi connectivity index (χ0v) is 13.1. The number of rotatable bonds is 3. The molecule has 0 bridgehead atoms. The summed E-state index contributed by atoms with van der Waals surface area (Å²) in [5.74, 6) is -0.730. The third-order valence-electron chi connectivity index (χ3n) is 4.08. The Kier molecular flexibility index (Phi) is 5.21. The van der Waals surface area contributed by atoms with Crippen LogP contribution in [-0.4, -0.2) is 56.5 Å². The zero-order valence-electron chi connectivity index (χ0n) is 12.3. The van der Waals surface area contributed by atoms with Gasteiger partial charge in [-0.05, 0) is 32.1 Å². The predicted octanol–water partition coefficient (Wildman–Crippen LogP) is -0.557. The number of amides is 2. The summed E-state index contributed by atoms with van der Waals surface area (Å²) >= 11 is 0. The van der Waals surface area contributed by atoms with Crippen molar-refractivity contribution in [2.45, 2.75) is 38.1 Å². The fraction of sp³-hybridized carbons (Fsp3) is 0.846. The van der Waals surface area contributed by atoms with E-state index in [0.29, 0.717) is 32.4 Å². The molecule has 2 N–H and O–H groups in total. The second-order valence-corrected chi connectivity index (χ2v) is 7.79.